The molecule has 0 heterocycles. The van der Waals surface area contributed by atoms with Crippen LogP contribution < -0.4 is 5.73 Å². The topological polar surface area (TPSA) is 52.3 Å². The van der Waals surface area contributed by atoms with Gasteiger partial charge in [-0.2, -0.15) is 0 Å². The van der Waals surface area contributed by atoms with E-state index in [1.807, 2.05) is 0 Å². The molecule has 4 heteroatoms. The Morgan fingerprint density at radius 2 is 2.07 bits per heavy atom. The normalized spacial score (nSPS) is 10.5. The molecule has 0 saturated carbocycles. The largest absolute Gasteiger partial charge is 0.459 e. The fourth-order valence-electron chi connectivity index (χ4n) is 1.25. The number of carbonyl (C=O) groups excluding carboxylic acids is 1. The molecule has 0 unspecified atom stereocenters. The Hall–Kier alpha value is -1.22. The first kappa shape index (κ1) is 11.9. The number of nitrogen functional groups attached to an aromatic ring is 1. The minimum atomic E-state index is -0.428. The van der Waals surface area contributed by atoms with E-state index in [9.17, 15) is 4.79 Å². The third-order valence-electron chi connectivity index (χ3n) is 1.98. The van der Waals surface area contributed by atoms with Crippen molar-refractivity contribution in [3.05, 3.63) is 28.3 Å². The second kappa shape index (κ2) is 4.53. The van der Waals surface area contributed by atoms with Gasteiger partial charge in [0.15, 0.2) is 0 Å². The Labute approximate surface area is 94.2 Å². The highest BCUT2D eigenvalue weighted by Crippen LogP contribution is 2.25. The zero-order valence-corrected chi connectivity index (χ0v) is 9.76. The standard InChI is InChI=1S/C11H14ClNO2/c1-6(2)15-11(14)10-7(3)8(12)4-5-9(10)13/h4-6H,13H2,1-3H3. The lowest BCUT2D eigenvalue weighted by molar-refractivity contribution is 0.0378. The first-order chi connectivity index (χ1) is 6.93. The average molecular weight is 228 g/mol. The number of nitrogens with two attached hydrogens (primary N) is 1. The number of hydrogen-bond acceptors (Lipinski definition) is 3. The van der Waals surface area contributed by atoms with Crippen molar-refractivity contribution in [3.63, 3.8) is 0 Å². The Balaban J connectivity index is 3.13. The zero-order valence-electron chi connectivity index (χ0n) is 9.00. The van der Waals surface area contributed by atoms with Gasteiger partial charge >= 0.3 is 5.97 Å². The summed E-state index contributed by atoms with van der Waals surface area (Å²) in [6.07, 6.45) is -0.171. The molecule has 0 amide bonds. The van der Waals surface area contributed by atoms with Crippen LogP contribution in [0.5, 0.6) is 0 Å². The van der Waals surface area contributed by atoms with Gasteiger partial charge in [0.1, 0.15) is 0 Å². The van der Waals surface area contributed by atoms with Crippen molar-refractivity contribution < 1.29 is 9.53 Å². The number of esters is 1. The molecule has 15 heavy (non-hydrogen) atoms. The third kappa shape index (κ3) is 2.63. The van der Waals surface area contributed by atoms with E-state index in [0.29, 0.717) is 21.8 Å². The van der Waals surface area contributed by atoms with E-state index in [1.54, 1.807) is 32.9 Å². The van der Waals surface area contributed by atoms with Gasteiger partial charge in [-0.15, -0.1) is 0 Å². The van der Waals surface area contributed by atoms with E-state index in [2.05, 4.69) is 0 Å². The van der Waals surface area contributed by atoms with Crippen molar-refractivity contribution in [1.29, 1.82) is 0 Å². The first-order valence-corrected chi connectivity index (χ1v) is 5.06. The summed E-state index contributed by atoms with van der Waals surface area (Å²) in [6, 6.07) is 3.27. The molecule has 0 saturated heterocycles. The molecule has 1 aromatic rings. The molecule has 1 aromatic carbocycles. The maximum absolute atomic E-state index is 11.7. The number of ether oxygens (including phenoxy) is 1. The lowest BCUT2D eigenvalue weighted by Crippen LogP contribution is -2.15. The molecule has 0 spiro atoms. The fraction of sp³-hybridized carbons (Fsp3) is 0.364. The van der Waals surface area contributed by atoms with Crippen LogP contribution in [0.15, 0.2) is 12.1 Å². The highest BCUT2D eigenvalue weighted by atomic mass is 35.5. The minimum Gasteiger partial charge on any atom is -0.459 e. The van der Waals surface area contributed by atoms with E-state index < -0.39 is 5.97 Å². The van der Waals surface area contributed by atoms with Crippen LogP contribution in [0.2, 0.25) is 5.02 Å². The van der Waals surface area contributed by atoms with Gasteiger partial charge in [-0.25, -0.2) is 4.79 Å². The van der Waals surface area contributed by atoms with Crippen LogP contribution in [-0.2, 0) is 4.74 Å². The van der Waals surface area contributed by atoms with Gasteiger partial charge in [0.05, 0.1) is 11.7 Å². The molecule has 0 fully saturated rings. The monoisotopic (exact) mass is 227 g/mol. The predicted octanol–water partition coefficient (Wildman–Crippen LogP) is 2.80. The van der Waals surface area contributed by atoms with Crippen LogP contribution in [0.3, 0.4) is 0 Å². The van der Waals surface area contributed by atoms with Gasteiger partial charge in [-0.1, -0.05) is 11.6 Å². The first-order valence-electron chi connectivity index (χ1n) is 4.69. The maximum Gasteiger partial charge on any atom is 0.340 e. The lowest BCUT2D eigenvalue weighted by atomic mass is 10.1. The highest BCUT2D eigenvalue weighted by molar-refractivity contribution is 6.32. The second-order valence-electron chi connectivity index (χ2n) is 3.59. The summed E-state index contributed by atoms with van der Waals surface area (Å²) < 4.78 is 5.08. The smallest absolute Gasteiger partial charge is 0.340 e. The van der Waals surface area contributed by atoms with E-state index in [-0.39, 0.29) is 6.10 Å². The van der Waals surface area contributed by atoms with E-state index in [4.69, 9.17) is 22.1 Å². The number of carbonyl (C=O) groups is 1. The van der Waals surface area contributed by atoms with Gasteiger partial charge in [0, 0.05) is 10.7 Å². The number of rotatable bonds is 2. The molecule has 3 nitrogen and oxygen atoms in total. The van der Waals surface area contributed by atoms with E-state index in [1.165, 1.54) is 0 Å². The summed E-state index contributed by atoms with van der Waals surface area (Å²) in [6.45, 7) is 5.32. The van der Waals surface area contributed by atoms with E-state index in [0.717, 1.165) is 0 Å². The number of anilines is 1. The third-order valence-corrected chi connectivity index (χ3v) is 2.39. The van der Waals surface area contributed by atoms with Crippen LogP contribution in [-0.4, -0.2) is 12.1 Å². The summed E-state index contributed by atoms with van der Waals surface area (Å²) in [7, 11) is 0. The van der Waals surface area contributed by atoms with Crippen molar-refractivity contribution in [2.75, 3.05) is 5.73 Å². The van der Waals surface area contributed by atoms with Crippen molar-refractivity contribution in [2.24, 2.45) is 0 Å². The summed E-state index contributed by atoms with van der Waals surface area (Å²) in [4.78, 5) is 11.7. The minimum absolute atomic E-state index is 0.171. The zero-order chi connectivity index (χ0) is 11.6. The maximum atomic E-state index is 11.7. The molecule has 2 N–H and O–H groups in total. The highest BCUT2D eigenvalue weighted by Gasteiger charge is 2.17. The van der Waals surface area contributed by atoms with Gasteiger partial charge in [0.25, 0.3) is 0 Å². The second-order valence-corrected chi connectivity index (χ2v) is 4.00. The molecule has 0 aliphatic carbocycles. The fourth-order valence-corrected chi connectivity index (χ4v) is 1.41. The van der Waals surface area contributed by atoms with Crippen molar-refractivity contribution in [1.82, 2.24) is 0 Å². The quantitative estimate of drug-likeness (QED) is 0.624. The van der Waals surface area contributed by atoms with E-state index >= 15 is 0 Å². The molecule has 0 bridgehead atoms. The van der Waals surface area contributed by atoms with Gasteiger partial charge in [-0.05, 0) is 38.5 Å². The lowest BCUT2D eigenvalue weighted by Gasteiger charge is -2.12. The molecular formula is C11H14ClNO2. The number of hydrogen-bond donors (Lipinski definition) is 1. The molecule has 0 radical (unpaired) electrons. The van der Waals surface area contributed by atoms with Gasteiger partial charge in [-0.3, -0.25) is 0 Å². The molecular weight excluding hydrogens is 214 g/mol. The molecule has 0 aliphatic heterocycles. The Morgan fingerprint density at radius 3 is 2.60 bits per heavy atom. The molecule has 0 aromatic heterocycles. The van der Waals surface area contributed by atoms with Crippen molar-refractivity contribution >= 4 is 23.3 Å². The average Bonchev–Trinajstić information content (AvgIpc) is 2.11. The van der Waals surface area contributed by atoms with Gasteiger partial charge in [0.2, 0.25) is 0 Å². The molecule has 1 rings (SSSR count). The summed E-state index contributed by atoms with van der Waals surface area (Å²) in [5, 5.41) is 0.514. The predicted molar refractivity (Wildman–Crippen MR) is 61.2 cm³/mol. The summed E-state index contributed by atoms with van der Waals surface area (Å²) in [5.74, 6) is -0.428. The Kier molecular flexibility index (Phi) is 3.58. The molecule has 0 aliphatic rings. The number of halogens is 1. The van der Waals surface area contributed by atoms with Crippen LogP contribution in [0.4, 0.5) is 5.69 Å². The Morgan fingerprint density at radius 1 is 1.47 bits per heavy atom. The van der Waals surface area contributed by atoms with Crippen molar-refractivity contribution in [3.8, 4) is 0 Å². The summed E-state index contributed by atoms with van der Waals surface area (Å²) >= 11 is 5.90. The SMILES string of the molecule is Cc1c(Cl)ccc(N)c1C(=O)OC(C)C. The van der Waals surface area contributed by atoms with Crippen LogP contribution >= 0.6 is 11.6 Å². The van der Waals surface area contributed by atoms with Crippen LogP contribution in [0, 0.1) is 6.92 Å². The molecule has 0 atom stereocenters. The van der Waals surface area contributed by atoms with Crippen LogP contribution in [0.1, 0.15) is 29.8 Å². The van der Waals surface area contributed by atoms with Crippen molar-refractivity contribution in [2.45, 2.75) is 26.9 Å². The van der Waals surface area contributed by atoms with Crippen LogP contribution in [0.25, 0.3) is 0 Å². The van der Waals surface area contributed by atoms with Gasteiger partial charge < -0.3 is 10.5 Å². The molecule has 82 valence electrons. The Bertz CT molecular complexity index is 388. The number of benzene rings is 1. The summed E-state index contributed by atoms with van der Waals surface area (Å²) in [5.41, 5.74) is 7.11.